The molecule has 75 heavy (non-hydrogen) atoms. The van der Waals surface area contributed by atoms with Crippen molar-refractivity contribution in [2.24, 2.45) is 0 Å². The van der Waals surface area contributed by atoms with Gasteiger partial charge in [-0.3, -0.25) is 0 Å². The van der Waals surface area contributed by atoms with E-state index in [2.05, 4.69) is 82.6 Å². The largest absolute Gasteiger partial charge is 0.492 e. The maximum atomic E-state index is 6.65. The van der Waals surface area contributed by atoms with Gasteiger partial charge in [0.25, 0.3) is 0 Å². The number of benzene rings is 5. The molecule has 0 bridgehead atoms. The standard InChI is InChI=1S/C63H75N2O10/c1-49-19-21-51(22-20-49)24-26-53-44-63(75-42-38-69-10)57(48-61(53)73-40-36-67-8)30-28-55-45-58(70-33-15-14-31-64(2)3)54(46-59(55)71-34-16-32-65(4,5)6)27-29-56-47-60(72-39-35-66-7)52(43-62(56)74-41-37-68-9)25-23-50-17-12-11-13-18-50/h11-13,17-22,43-48H,14-16,31-42H2,1-10H3/q+1/p+1. The van der Waals surface area contributed by atoms with E-state index in [1.54, 1.807) is 28.4 Å². The average Bonchev–Trinajstić information content (AvgIpc) is 3.39. The second-order valence-electron chi connectivity index (χ2n) is 18.9. The summed E-state index contributed by atoms with van der Waals surface area (Å²) in [5.41, 5.74) is 6.62. The average molecular weight is 1020 g/mol. The second kappa shape index (κ2) is 32.3. The third-order valence-corrected chi connectivity index (χ3v) is 11.2. The molecule has 0 saturated heterocycles. The Balaban J connectivity index is 1.69. The lowest BCUT2D eigenvalue weighted by atomic mass is 10.0. The van der Waals surface area contributed by atoms with Crippen LogP contribution in [0, 0.1) is 54.3 Å². The number of ether oxygens (including phenoxy) is 10. The minimum atomic E-state index is 0.297. The molecule has 1 N–H and O–H groups in total. The molecule has 0 heterocycles. The summed E-state index contributed by atoms with van der Waals surface area (Å²) in [6.07, 6.45) is 2.64. The minimum Gasteiger partial charge on any atom is -0.492 e. The van der Waals surface area contributed by atoms with E-state index in [4.69, 9.17) is 47.4 Å². The highest BCUT2D eigenvalue weighted by Gasteiger charge is 2.16. The zero-order chi connectivity index (χ0) is 53.7. The Morgan fingerprint density at radius 3 is 1.03 bits per heavy atom. The van der Waals surface area contributed by atoms with Crippen LogP contribution in [-0.4, -0.2) is 147 Å². The summed E-state index contributed by atoms with van der Waals surface area (Å²) in [6, 6.07) is 29.2. The van der Waals surface area contributed by atoms with E-state index in [0.717, 1.165) is 53.5 Å². The number of hydrogen-bond donors (Lipinski definition) is 1. The fourth-order valence-corrected chi connectivity index (χ4v) is 7.11. The van der Waals surface area contributed by atoms with E-state index >= 15 is 0 Å². The Morgan fingerprint density at radius 1 is 0.373 bits per heavy atom. The van der Waals surface area contributed by atoms with E-state index in [1.807, 2.05) is 97.9 Å². The van der Waals surface area contributed by atoms with Crippen LogP contribution in [0.3, 0.4) is 0 Å². The Morgan fingerprint density at radius 2 is 0.693 bits per heavy atom. The molecule has 0 aliphatic heterocycles. The smallest absolute Gasteiger partial charge is 0.136 e. The van der Waals surface area contributed by atoms with Crippen molar-refractivity contribution < 1.29 is 56.8 Å². The van der Waals surface area contributed by atoms with E-state index in [1.165, 1.54) is 4.90 Å². The monoisotopic (exact) mass is 1020 g/mol. The number of quaternary nitrogens is 2. The highest BCUT2D eigenvalue weighted by atomic mass is 16.5. The van der Waals surface area contributed by atoms with Gasteiger partial charge in [0, 0.05) is 82.4 Å². The lowest BCUT2D eigenvalue weighted by Gasteiger charge is -2.23. The van der Waals surface area contributed by atoms with Crippen molar-refractivity contribution >= 4 is 0 Å². The molecule has 0 aliphatic rings. The molecule has 0 amide bonds. The molecule has 5 aromatic carbocycles. The lowest BCUT2D eigenvalue weighted by molar-refractivity contribution is -0.870. The number of nitrogens with zero attached hydrogens (tertiary/aromatic N) is 1. The lowest BCUT2D eigenvalue weighted by Crippen LogP contribution is -3.05. The van der Waals surface area contributed by atoms with Crippen molar-refractivity contribution in [3.63, 3.8) is 0 Å². The highest BCUT2D eigenvalue weighted by molar-refractivity contribution is 5.65. The van der Waals surface area contributed by atoms with Crippen molar-refractivity contribution in [3.8, 4) is 81.9 Å². The maximum Gasteiger partial charge on any atom is 0.136 e. The van der Waals surface area contributed by atoms with Gasteiger partial charge in [-0.1, -0.05) is 83.3 Å². The van der Waals surface area contributed by atoms with Gasteiger partial charge >= 0.3 is 0 Å². The van der Waals surface area contributed by atoms with Crippen LogP contribution in [0.5, 0.6) is 34.5 Å². The predicted octanol–water partition coefficient (Wildman–Crippen LogP) is 7.47. The molecular weight excluding hydrogens is 945 g/mol. The van der Waals surface area contributed by atoms with Gasteiger partial charge in [0.05, 0.1) is 121 Å². The molecule has 0 unspecified atom stereocenters. The molecular formula is C63H76N2O10+2. The number of rotatable bonds is 27. The molecule has 0 aliphatic carbocycles. The summed E-state index contributed by atoms with van der Waals surface area (Å²) >= 11 is 0. The molecule has 396 valence electrons. The molecule has 12 nitrogen and oxygen atoms in total. The molecule has 0 spiro atoms. The van der Waals surface area contributed by atoms with Gasteiger partial charge in [-0.15, -0.1) is 0 Å². The highest BCUT2D eigenvalue weighted by Crippen LogP contribution is 2.33. The van der Waals surface area contributed by atoms with Crippen molar-refractivity contribution in [2.45, 2.75) is 26.2 Å². The molecule has 5 aromatic rings. The molecule has 12 heteroatoms. The zero-order valence-corrected chi connectivity index (χ0v) is 45.8. The number of aryl methyl sites for hydroxylation is 1. The molecule has 0 atom stereocenters. The van der Waals surface area contributed by atoms with Gasteiger partial charge < -0.3 is 56.8 Å². The van der Waals surface area contributed by atoms with Crippen molar-refractivity contribution in [2.75, 3.05) is 143 Å². The first-order chi connectivity index (χ1) is 36.4. The Labute approximate surface area is 447 Å². The third-order valence-electron chi connectivity index (χ3n) is 11.2. The summed E-state index contributed by atoms with van der Waals surface area (Å²) in [5.74, 6) is 30.2. The van der Waals surface area contributed by atoms with Crippen molar-refractivity contribution in [1.29, 1.82) is 0 Å². The number of hydrogen-bond acceptors (Lipinski definition) is 10. The van der Waals surface area contributed by atoms with Gasteiger partial charge in [0.15, 0.2) is 0 Å². The summed E-state index contributed by atoms with van der Waals surface area (Å²) in [7, 11) is 17.4. The van der Waals surface area contributed by atoms with Crippen LogP contribution in [0.25, 0.3) is 0 Å². The third kappa shape index (κ3) is 21.3. The Bertz CT molecular complexity index is 2810. The molecule has 0 radical (unpaired) electrons. The second-order valence-corrected chi connectivity index (χ2v) is 18.9. The zero-order valence-electron chi connectivity index (χ0n) is 45.8. The fraction of sp³-hybridized carbons (Fsp3) is 0.397. The Hall–Kier alpha value is -7.10. The maximum absolute atomic E-state index is 6.65. The summed E-state index contributed by atoms with van der Waals surface area (Å²) < 4.78 is 60.7. The first-order valence-corrected chi connectivity index (χ1v) is 25.5. The van der Waals surface area contributed by atoms with Crippen LogP contribution in [0.2, 0.25) is 0 Å². The minimum absolute atomic E-state index is 0.297. The van der Waals surface area contributed by atoms with Gasteiger partial charge in [0.2, 0.25) is 0 Å². The molecule has 5 rings (SSSR count). The van der Waals surface area contributed by atoms with Crippen LogP contribution < -0.4 is 33.3 Å². The molecule has 0 saturated carbocycles. The van der Waals surface area contributed by atoms with Gasteiger partial charge in [-0.2, -0.15) is 0 Å². The van der Waals surface area contributed by atoms with Crippen molar-refractivity contribution in [1.82, 2.24) is 0 Å². The van der Waals surface area contributed by atoms with Crippen LogP contribution in [-0.2, 0) is 18.9 Å². The molecule has 0 aromatic heterocycles. The van der Waals surface area contributed by atoms with Gasteiger partial charge in [-0.25, -0.2) is 0 Å². The van der Waals surface area contributed by atoms with Crippen LogP contribution in [0.1, 0.15) is 69.3 Å². The van der Waals surface area contributed by atoms with E-state index in [0.29, 0.717) is 134 Å². The van der Waals surface area contributed by atoms with Crippen LogP contribution >= 0.6 is 0 Å². The van der Waals surface area contributed by atoms with Crippen molar-refractivity contribution in [3.05, 3.63) is 141 Å². The normalized spacial score (nSPS) is 10.7. The van der Waals surface area contributed by atoms with Crippen LogP contribution in [0.4, 0.5) is 0 Å². The Kier molecular flexibility index (Phi) is 25.3. The first-order valence-electron chi connectivity index (χ1n) is 25.5. The summed E-state index contributed by atoms with van der Waals surface area (Å²) in [5, 5.41) is 0. The van der Waals surface area contributed by atoms with E-state index < -0.39 is 0 Å². The fourth-order valence-electron chi connectivity index (χ4n) is 7.11. The topological polar surface area (TPSA) is 96.7 Å². The van der Waals surface area contributed by atoms with E-state index in [9.17, 15) is 0 Å². The van der Waals surface area contributed by atoms with Crippen LogP contribution in [0.15, 0.2) is 91.0 Å². The van der Waals surface area contributed by atoms with Gasteiger partial charge in [-0.05, 0) is 44.0 Å². The van der Waals surface area contributed by atoms with Gasteiger partial charge in [0.1, 0.15) is 60.9 Å². The quantitative estimate of drug-likeness (QED) is 0.0325. The number of methoxy groups -OCH3 is 4. The number of unbranched alkanes of at least 4 members (excludes halogenated alkanes) is 1. The summed E-state index contributed by atoms with van der Waals surface area (Å²) in [4.78, 5) is 1.38. The predicted molar refractivity (Wildman–Crippen MR) is 296 cm³/mol. The number of nitrogens with one attached hydrogen (secondary N) is 1. The summed E-state index contributed by atoms with van der Waals surface area (Å²) in [6.45, 7) is 7.65. The SMILES string of the molecule is COCCOc1cc(C#Cc2cc(OCCC[N+](C)(C)C)c(C#Cc3cc(OCCOC)c(C#Cc4ccc(C)cc4)cc3OCCOC)cc2OCCCC[NH+](C)C)c(OCCOC)cc1C#Cc1ccccc1. The molecule has 0 fully saturated rings. The van der Waals surface area contributed by atoms with E-state index in [-0.39, 0.29) is 0 Å². The first kappa shape index (κ1) is 58.8.